The van der Waals surface area contributed by atoms with E-state index in [0.717, 1.165) is 29.9 Å². The largest absolute Gasteiger partial charge is 0.312 e. The van der Waals surface area contributed by atoms with E-state index in [2.05, 4.69) is 32.8 Å². The molecule has 2 aromatic heterocycles. The third kappa shape index (κ3) is 3.33. The van der Waals surface area contributed by atoms with E-state index in [0.29, 0.717) is 23.9 Å². The van der Waals surface area contributed by atoms with Crippen molar-refractivity contribution >= 4 is 22.4 Å². The number of thiazole rings is 1. The predicted molar refractivity (Wildman–Crippen MR) is 98.0 cm³/mol. The first-order valence-electron chi connectivity index (χ1n) is 8.27. The van der Waals surface area contributed by atoms with E-state index in [4.69, 9.17) is 0 Å². The highest BCUT2D eigenvalue weighted by Crippen LogP contribution is 2.22. The molecule has 0 unspecified atom stereocenters. The quantitative estimate of drug-likeness (QED) is 0.756. The molecular formula is C18H19N5OS. The normalized spacial score (nSPS) is 13.5. The molecule has 1 aromatic carbocycles. The lowest BCUT2D eigenvalue weighted by Gasteiger charge is -2.15. The Morgan fingerprint density at radius 2 is 2.20 bits per heavy atom. The van der Waals surface area contributed by atoms with Crippen LogP contribution in [0.1, 0.15) is 33.0 Å². The standard InChI is InChI=1S/C18H19N5OS/c1-12-11-25-18(20-12)21-17(24)16-14-9-19-8-7-15(14)23(22-16)10-13-5-3-2-4-6-13/h2-6,11,19H,7-10H2,1H3,(H,20,21,24). The number of carbonyl (C=O) groups excluding carboxylic acids is 1. The molecule has 0 saturated heterocycles. The van der Waals surface area contributed by atoms with Crippen LogP contribution < -0.4 is 10.6 Å². The molecule has 3 heterocycles. The Labute approximate surface area is 149 Å². The molecule has 25 heavy (non-hydrogen) atoms. The van der Waals surface area contributed by atoms with Gasteiger partial charge in [-0.05, 0) is 12.5 Å². The summed E-state index contributed by atoms with van der Waals surface area (Å²) in [6.45, 7) is 4.16. The van der Waals surface area contributed by atoms with Gasteiger partial charge in [0, 0.05) is 36.1 Å². The van der Waals surface area contributed by atoms with Gasteiger partial charge in [0.05, 0.1) is 12.2 Å². The van der Waals surface area contributed by atoms with Crippen LogP contribution >= 0.6 is 11.3 Å². The van der Waals surface area contributed by atoms with E-state index in [1.165, 1.54) is 16.9 Å². The molecule has 7 heteroatoms. The number of hydrogen-bond donors (Lipinski definition) is 2. The number of aromatic nitrogens is 3. The Bertz CT molecular complexity index is 900. The predicted octanol–water partition coefficient (Wildman–Crippen LogP) is 2.59. The summed E-state index contributed by atoms with van der Waals surface area (Å²) in [7, 11) is 0. The highest BCUT2D eigenvalue weighted by molar-refractivity contribution is 7.13. The molecule has 0 aliphatic carbocycles. The first kappa shape index (κ1) is 16.0. The number of hydrogen-bond acceptors (Lipinski definition) is 5. The van der Waals surface area contributed by atoms with Crippen LogP contribution in [0, 0.1) is 6.92 Å². The molecule has 1 aliphatic rings. The number of anilines is 1. The minimum Gasteiger partial charge on any atom is -0.312 e. The van der Waals surface area contributed by atoms with Crippen molar-refractivity contribution in [1.29, 1.82) is 0 Å². The first-order valence-corrected chi connectivity index (χ1v) is 9.15. The smallest absolute Gasteiger partial charge is 0.278 e. The summed E-state index contributed by atoms with van der Waals surface area (Å²) in [5, 5.41) is 13.4. The summed E-state index contributed by atoms with van der Waals surface area (Å²) in [4.78, 5) is 17.0. The molecule has 0 saturated carbocycles. The Balaban J connectivity index is 1.64. The molecule has 0 atom stereocenters. The van der Waals surface area contributed by atoms with Gasteiger partial charge in [0.1, 0.15) is 0 Å². The monoisotopic (exact) mass is 353 g/mol. The topological polar surface area (TPSA) is 71.8 Å². The lowest BCUT2D eigenvalue weighted by molar-refractivity contribution is 0.102. The van der Waals surface area contributed by atoms with Crippen LogP contribution in [0.5, 0.6) is 0 Å². The van der Waals surface area contributed by atoms with Gasteiger partial charge in [-0.15, -0.1) is 11.3 Å². The third-order valence-electron chi connectivity index (χ3n) is 4.24. The number of nitrogens with one attached hydrogen (secondary N) is 2. The molecule has 4 rings (SSSR count). The van der Waals surface area contributed by atoms with Crippen molar-refractivity contribution in [2.45, 2.75) is 26.4 Å². The van der Waals surface area contributed by atoms with Crippen LogP contribution in [0.4, 0.5) is 5.13 Å². The lowest BCUT2D eigenvalue weighted by atomic mass is 10.1. The summed E-state index contributed by atoms with van der Waals surface area (Å²) in [6, 6.07) is 10.2. The Morgan fingerprint density at radius 1 is 1.36 bits per heavy atom. The van der Waals surface area contributed by atoms with Crippen LogP contribution in [0.3, 0.4) is 0 Å². The van der Waals surface area contributed by atoms with Gasteiger partial charge in [-0.25, -0.2) is 4.98 Å². The van der Waals surface area contributed by atoms with Crippen molar-refractivity contribution in [2.75, 3.05) is 11.9 Å². The molecule has 6 nitrogen and oxygen atoms in total. The third-order valence-corrected chi connectivity index (χ3v) is 5.11. The van der Waals surface area contributed by atoms with Gasteiger partial charge >= 0.3 is 0 Å². The highest BCUT2D eigenvalue weighted by atomic mass is 32.1. The van der Waals surface area contributed by atoms with E-state index in [1.807, 2.05) is 35.2 Å². The number of rotatable bonds is 4. The minimum atomic E-state index is -0.193. The van der Waals surface area contributed by atoms with Gasteiger partial charge in [0.2, 0.25) is 0 Å². The van der Waals surface area contributed by atoms with E-state index in [9.17, 15) is 4.79 Å². The van der Waals surface area contributed by atoms with Gasteiger partial charge in [0.25, 0.3) is 5.91 Å². The SMILES string of the molecule is Cc1csc(NC(=O)c2nn(Cc3ccccc3)c3c2CNCC3)n1. The highest BCUT2D eigenvalue weighted by Gasteiger charge is 2.25. The Morgan fingerprint density at radius 3 is 2.96 bits per heavy atom. The number of benzene rings is 1. The number of nitrogens with zero attached hydrogens (tertiary/aromatic N) is 3. The molecule has 1 aliphatic heterocycles. The number of amides is 1. The summed E-state index contributed by atoms with van der Waals surface area (Å²) >= 11 is 1.43. The van der Waals surface area contributed by atoms with E-state index >= 15 is 0 Å². The Hall–Kier alpha value is -2.51. The van der Waals surface area contributed by atoms with Crippen LogP contribution in [-0.4, -0.2) is 27.2 Å². The molecule has 1 amide bonds. The average molecular weight is 353 g/mol. The molecule has 0 fully saturated rings. The second-order valence-electron chi connectivity index (χ2n) is 6.09. The fraction of sp³-hybridized carbons (Fsp3) is 0.278. The maximum atomic E-state index is 12.7. The summed E-state index contributed by atoms with van der Waals surface area (Å²) in [6.07, 6.45) is 0.874. The van der Waals surface area contributed by atoms with Gasteiger partial charge in [-0.1, -0.05) is 30.3 Å². The molecule has 2 N–H and O–H groups in total. The molecular weight excluding hydrogens is 334 g/mol. The number of carbonyl (C=O) groups is 1. The maximum Gasteiger partial charge on any atom is 0.278 e. The van der Waals surface area contributed by atoms with E-state index in [1.54, 1.807) is 0 Å². The van der Waals surface area contributed by atoms with E-state index in [-0.39, 0.29) is 5.91 Å². The maximum absolute atomic E-state index is 12.7. The number of aryl methyl sites for hydroxylation is 1. The van der Waals surface area contributed by atoms with E-state index < -0.39 is 0 Å². The van der Waals surface area contributed by atoms with Crippen molar-refractivity contribution in [3.05, 3.63) is 63.9 Å². The molecule has 0 spiro atoms. The molecule has 3 aromatic rings. The van der Waals surface area contributed by atoms with Crippen molar-refractivity contribution < 1.29 is 4.79 Å². The molecule has 0 radical (unpaired) electrons. The van der Waals surface area contributed by atoms with Gasteiger partial charge in [-0.2, -0.15) is 5.10 Å². The van der Waals surface area contributed by atoms with Crippen LogP contribution in [-0.2, 0) is 19.5 Å². The fourth-order valence-corrected chi connectivity index (χ4v) is 3.74. The van der Waals surface area contributed by atoms with Gasteiger partial charge in [-0.3, -0.25) is 14.8 Å². The number of fused-ring (bicyclic) bond motifs is 1. The zero-order valence-corrected chi connectivity index (χ0v) is 14.8. The first-order chi connectivity index (χ1) is 12.2. The molecule has 128 valence electrons. The second kappa shape index (κ2) is 6.78. The Kier molecular flexibility index (Phi) is 4.33. The summed E-state index contributed by atoms with van der Waals surface area (Å²) < 4.78 is 1.97. The minimum absolute atomic E-state index is 0.193. The second-order valence-corrected chi connectivity index (χ2v) is 6.95. The molecule has 0 bridgehead atoms. The van der Waals surface area contributed by atoms with Crippen LogP contribution in [0.25, 0.3) is 0 Å². The zero-order chi connectivity index (χ0) is 17.2. The fourth-order valence-electron chi connectivity index (χ4n) is 3.06. The summed E-state index contributed by atoms with van der Waals surface area (Å²) in [5.74, 6) is -0.193. The van der Waals surface area contributed by atoms with Gasteiger partial charge in [0.15, 0.2) is 10.8 Å². The van der Waals surface area contributed by atoms with Crippen LogP contribution in [0.2, 0.25) is 0 Å². The van der Waals surface area contributed by atoms with Crippen molar-refractivity contribution in [1.82, 2.24) is 20.1 Å². The lowest BCUT2D eigenvalue weighted by Crippen LogP contribution is -2.26. The van der Waals surface area contributed by atoms with Crippen molar-refractivity contribution in [3.63, 3.8) is 0 Å². The van der Waals surface area contributed by atoms with Crippen LogP contribution in [0.15, 0.2) is 35.7 Å². The van der Waals surface area contributed by atoms with Crippen molar-refractivity contribution in [2.24, 2.45) is 0 Å². The van der Waals surface area contributed by atoms with Gasteiger partial charge < -0.3 is 5.32 Å². The summed E-state index contributed by atoms with van der Waals surface area (Å²) in [5.41, 5.74) is 4.70. The average Bonchev–Trinajstić information content (AvgIpc) is 3.20. The zero-order valence-electron chi connectivity index (χ0n) is 14.0. The van der Waals surface area contributed by atoms with Crippen molar-refractivity contribution in [3.8, 4) is 0 Å².